The molecular formula is C29H26O3S. The van der Waals surface area contributed by atoms with Gasteiger partial charge in [-0.2, -0.15) is 0 Å². The summed E-state index contributed by atoms with van der Waals surface area (Å²) in [6.07, 6.45) is 3.87. The molecule has 0 amide bonds. The molecule has 166 valence electrons. The maximum atomic E-state index is 13.9. The lowest BCUT2D eigenvalue weighted by Gasteiger charge is -2.40. The fourth-order valence-corrected chi connectivity index (χ4v) is 5.95. The Labute approximate surface area is 199 Å². The van der Waals surface area contributed by atoms with Crippen LogP contribution in [0.5, 0.6) is 0 Å². The number of ether oxygens (including phenoxy) is 1. The van der Waals surface area contributed by atoms with Gasteiger partial charge < -0.3 is 4.74 Å². The smallest absolute Gasteiger partial charge is 0.321 e. The number of fused-ring (bicyclic) bond motifs is 1. The van der Waals surface area contributed by atoms with Crippen molar-refractivity contribution in [2.75, 3.05) is 7.11 Å². The molecule has 3 aromatic rings. The number of carbonyl (C=O) groups is 2. The SMILES string of the molecule is COC(=O)C1(CC=C=Cc2cc(C)cc(C)c2)C(=O)c2ccccc2SC1c1ccccc1. The number of allylic oxidation sites excluding steroid dienone is 1. The van der Waals surface area contributed by atoms with Crippen molar-refractivity contribution in [1.29, 1.82) is 0 Å². The second-order valence-corrected chi connectivity index (χ2v) is 9.48. The van der Waals surface area contributed by atoms with Gasteiger partial charge in [-0.05, 0) is 49.6 Å². The molecule has 4 rings (SSSR count). The third-order valence-electron chi connectivity index (χ3n) is 5.92. The van der Waals surface area contributed by atoms with Crippen molar-refractivity contribution < 1.29 is 14.3 Å². The van der Waals surface area contributed by atoms with Crippen molar-refractivity contribution in [2.24, 2.45) is 5.41 Å². The fourth-order valence-electron chi connectivity index (χ4n) is 4.46. The average Bonchev–Trinajstić information content (AvgIpc) is 2.82. The summed E-state index contributed by atoms with van der Waals surface area (Å²) in [6, 6.07) is 23.5. The van der Waals surface area contributed by atoms with Crippen LogP contribution in [0.2, 0.25) is 0 Å². The molecule has 2 unspecified atom stereocenters. The lowest BCUT2D eigenvalue weighted by molar-refractivity contribution is -0.149. The minimum atomic E-state index is -1.38. The minimum absolute atomic E-state index is 0.195. The molecule has 0 N–H and O–H groups in total. The number of rotatable bonds is 5. The number of benzene rings is 3. The van der Waals surface area contributed by atoms with Gasteiger partial charge in [-0.15, -0.1) is 17.5 Å². The quantitative estimate of drug-likeness (QED) is 0.243. The molecule has 0 aliphatic carbocycles. The maximum absolute atomic E-state index is 13.9. The van der Waals surface area contributed by atoms with Crippen LogP contribution < -0.4 is 0 Å². The summed E-state index contributed by atoms with van der Waals surface area (Å²) in [7, 11) is 1.35. The number of aryl methyl sites for hydroxylation is 2. The molecule has 0 saturated heterocycles. The number of hydrogen-bond donors (Lipinski definition) is 0. The first-order valence-electron chi connectivity index (χ1n) is 10.9. The average molecular weight is 455 g/mol. The standard InChI is InChI=1S/C29H26O3S/c1-20-17-21(2)19-22(18-20)11-9-10-16-29(28(31)32-3)26(30)24-14-7-8-15-25(24)33-27(29)23-12-5-4-6-13-23/h4-8,10-15,17-19,27H,16H2,1-3H3. The van der Waals surface area contributed by atoms with Gasteiger partial charge in [0.15, 0.2) is 11.2 Å². The van der Waals surface area contributed by atoms with E-state index in [1.807, 2.05) is 54.6 Å². The number of hydrogen-bond acceptors (Lipinski definition) is 4. The zero-order valence-corrected chi connectivity index (χ0v) is 19.8. The Bertz CT molecular complexity index is 1230. The van der Waals surface area contributed by atoms with Crippen molar-refractivity contribution >= 4 is 29.6 Å². The van der Waals surface area contributed by atoms with Crippen LogP contribution in [0, 0.1) is 19.3 Å². The van der Waals surface area contributed by atoms with E-state index >= 15 is 0 Å². The second-order valence-electron chi connectivity index (χ2n) is 8.34. The van der Waals surface area contributed by atoms with Gasteiger partial charge in [0.2, 0.25) is 0 Å². The van der Waals surface area contributed by atoms with E-state index in [-0.39, 0.29) is 12.2 Å². The summed E-state index contributed by atoms with van der Waals surface area (Å²) >= 11 is 1.54. The molecular weight excluding hydrogens is 428 g/mol. The third-order valence-corrected chi connectivity index (χ3v) is 7.44. The summed E-state index contributed by atoms with van der Waals surface area (Å²) in [5.74, 6) is -0.727. The highest BCUT2D eigenvalue weighted by atomic mass is 32.2. The lowest BCUT2D eigenvalue weighted by atomic mass is 9.72. The molecule has 33 heavy (non-hydrogen) atoms. The molecule has 1 aliphatic rings. The Balaban J connectivity index is 1.81. The number of thioether (sulfide) groups is 1. The van der Waals surface area contributed by atoms with Gasteiger partial charge in [-0.3, -0.25) is 9.59 Å². The molecule has 0 aromatic heterocycles. The highest BCUT2D eigenvalue weighted by molar-refractivity contribution is 7.99. The highest BCUT2D eigenvalue weighted by Gasteiger charge is 2.56. The molecule has 0 bridgehead atoms. The number of ketones is 1. The Kier molecular flexibility index (Phi) is 6.69. The molecule has 0 saturated carbocycles. The first kappa shape index (κ1) is 22.8. The Hall–Kier alpha value is -3.33. The monoisotopic (exact) mass is 454 g/mol. The van der Waals surface area contributed by atoms with Crippen molar-refractivity contribution in [3.63, 3.8) is 0 Å². The second kappa shape index (κ2) is 9.66. The Morgan fingerprint density at radius 2 is 1.70 bits per heavy atom. The van der Waals surface area contributed by atoms with Crippen molar-refractivity contribution in [1.82, 2.24) is 0 Å². The summed E-state index contributed by atoms with van der Waals surface area (Å²) in [4.78, 5) is 28.1. The molecule has 1 aliphatic heterocycles. The third kappa shape index (κ3) is 4.45. The van der Waals surface area contributed by atoms with Gasteiger partial charge in [-0.25, -0.2) is 0 Å². The molecule has 3 nitrogen and oxygen atoms in total. The summed E-state index contributed by atoms with van der Waals surface area (Å²) < 4.78 is 5.25. The van der Waals surface area contributed by atoms with E-state index in [1.165, 1.54) is 18.2 Å². The van der Waals surface area contributed by atoms with Gasteiger partial charge in [0.1, 0.15) is 0 Å². The van der Waals surface area contributed by atoms with Crippen LogP contribution in [0.15, 0.2) is 89.5 Å². The molecule has 2 atom stereocenters. The number of Topliss-reactive ketones (excluding diaryl/α,β-unsaturated/α-hetero) is 1. The zero-order valence-electron chi connectivity index (χ0n) is 19.0. The van der Waals surface area contributed by atoms with Gasteiger partial charge in [0.05, 0.1) is 12.4 Å². The molecule has 0 fully saturated rings. The number of methoxy groups -OCH3 is 1. The topological polar surface area (TPSA) is 43.4 Å². The van der Waals surface area contributed by atoms with E-state index in [2.05, 4.69) is 37.8 Å². The van der Waals surface area contributed by atoms with E-state index in [9.17, 15) is 9.59 Å². The van der Waals surface area contributed by atoms with E-state index < -0.39 is 16.6 Å². The van der Waals surface area contributed by atoms with E-state index in [1.54, 1.807) is 23.9 Å². The van der Waals surface area contributed by atoms with Gasteiger partial charge in [0.25, 0.3) is 0 Å². The van der Waals surface area contributed by atoms with Gasteiger partial charge in [0, 0.05) is 10.5 Å². The first-order chi connectivity index (χ1) is 16.0. The molecule has 3 aromatic carbocycles. The molecule has 0 radical (unpaired) electrons. The van der Waals surface area contributed by atoms with Gasteiger partial charge >= 0.3 is 5.97 Å². The Morgan fingerprint density at radius 3 is 2.39 bits per heavy atom. The van der Waals surface area contributed by atoms with Crippen molar-refractivity contribution in [3.8, 4) is 0 Å². The summed E-state index contributed by atoms with van der Waals surface area (Å²) in [5.41, 5.74) is 6.69. The number of esters is 1. The van der Waals surface area contributed by atoms with Crippen LogP contribution in [0.3, 0.4) is 0 Å². The minimum Gasteiger partial charge on any atom is -0.468 e. The van der Waals surface area contributed by atoms with Crippen molar-refractivity contribution in [3.05, 3.63) is 112 Å². The van der Waals surface area contributed by atoms with Crippen molar-refractivity contribution in [2.45, 2.75) is 30.4 Å². The Morgan fingerprint density at radius 1 is 1.03 bits per heavy atom. The fraction of sp³-hybridized carbons (Fsp3) is 0.207. The predicted molar refractivity (Wildman–Crippen MR) is 133 cm³/mol. The highest BCUT2D eigenvalue weighted by Crippen LogP contribution is 2.56. The largest absolute Gasteiger partial charge is 0.468 e. The van der Waals surface area contributed by atoms with Crippen LogP contribution in [0.25, 0.3) is 6.08 Å². The first-order valence-corrected chi connectivity index (χ1v) is 11.8. The number of carbonyl (C=O) groups excluding carboxylic acids is 2. The summed E-state index contributed by atoms with van der Waals surface area (Å²) in [6.45, 7) is 4.11. The molecule has 4 heteroatoms. The zero-order chi connectivity index (χ0) is 23.4. The maximum Gasteiger partial charge on any atom is 0.321 e. The summed E-state index contributed by atoms with van der Waals surface area (Å²) in [5, 5.41) is -0.409. The van der Waals surface area contributed by atoms with Crippen LogP contribution in [-0.4, -0.2) is 18.9 Å². The molecule has 1 heterocycles. The van der Waals surface area contributed by atoms with Crippen LogP contribution in [-0.2, 0) is 9.53 Å². The van der Waals surface area contributed by atoms with Crippen LogP contribution >= 0.6 is 11.8 Å². The van der Waals surface area contributed by atoms with E-state index in [0.717, 1.165) is 16.0 Å². The van der Waals surface area contributed by atoms with E-state index in [4.69, 9.17) is 4.74 Å². The van der Waals surface area contributed by atoms with Crippen LogP contribution in [0.1, 0.15) is 44.3 Å². The van der Waals surface area contributed by atoms with Gasteiger partial charge in [-0.1, -0.05) is 77.9 Å². The van der Waals surface area contributed by atoms with E-state index in [0.29, 0.717) is 5.56 Å². The lowest BCUT2D eigenvalue weighted by Crippen LogP contribution is -2.46. The van der Waals surface area contributed by atoms with Crippen LogP contribution in [0.4, 0.5) is 0 Å². The predicted octanol–water partition coefficient (Wildman–Crippen LogP) is 6.75. The normalized spacial score (nSPS) is 19.2. The molecule has 0 spiro atoms.